The van der Waals surface area contributed by atoms with Gasteiger partial charge in [0.15, 0.2) is 0 Å². The Hall–Kier alpha value is -0.0800. The SMILES string of the molecule is CC(NCCN1CCC2CCCCC2C1)C1CC1. The number of hydrogen-bond donors (Lipinski definition) is 1. The molecule has 2 saturated carbocycles. The number of hydrogen-bond acceptors (Lipinski definition) is 2. The highest BCUT2D eigenvalue weighted by atomic mass is 15.1. The summed E-state index contributed by atoms with van der Waals surface area (Å²) in [6.45, 7) is 7.60. The Kier molecular flexibility index (Phi) is 4.25. The Morgan fingerprint density at radius 3 is 2.61 bits per heavy atom. The minimum atomic E-state index is 0.761. The van der Waals surface area contributed by atoms with E-state index in [2.05, 4.69) is 17.1 Å². The fourth-order valence-corrected chi connectivity index (χ4v) is 4.09. The lowest BCUT2D eigenvalue weighted by Crippen LogP contribution is -2.45. The van der Waals surface area contributed by atoms with Gasteiger partial charge in [-0.05, 0) is 56.9 Å². The van der Waals surface area contributed by atoms with Crippen LogP contribution in [0.2, 0.25) is 0 Å². The molecular weight excluding hydrogens is 220 g/mol. The third-order valence-electron chi connectivity index (χ3n) is 5.60. The van der Waals surface area contributed by atoms with Crippen LogP contribution in [0.15, 0.2) is 0 Å². The summed E-state index contributed by atoms with van der Waals surface area (Å²) in [5.41, 5.74) is 0. The first-order valence-corrected chi connectivity index (χ1v) is 8.28. The van der Waals surface area contributed by atoms with Gasteiger partial charge in [0.2, 0.25) is 0 Å². The molecule has 1 aliphatic heterocycles. The Morgan fingerprint density at radius 1 is 1.06 bits per heavy atom. The minimum absolute atomic E-state index is 0.761. The zero-order valence-electron chi connectivity index (χ0n) is 12.0. The molecule has 3 fully saturated rings. The van der Waals surface area contributed by atoms with E-state index in [1.165, 1.54) is 71.1 Å². The summed E-state index contributed by atoms with van der Waals surface area (Å²) in [6.07, 6.45) is 10.4. The maximum absolute atomic E-state index is 3.72. The van der Waals surface area contributed by atoms with Crippen molar-refractivity contribution in [1.29, 1.82) is 0 Å². The van der Waals surface area contributed by atoms with Crippen LogP contribution in [0.25, 0.3) is 0 Å². The van der Waals surface area contributed by atoms with Crippen molar-refractivity contribution in [2.45, 2.75) is 57.9 Å². The molecule has 3 aliphatic rings. The monoisotopic (exact) mass is 250 g/mol. The molecule has 0 aromatic heterocycles. The normalized spacial score (nSPS) is 35.2. The van der Waals surface area contributed by atoms with Gasteiger partial charge in [0.25, 0.3) is 0 Å². The largest absolute Gasteiger partial charge is 0.313 e. The van der Waals surface area contributed by atoms with Crippen LogP contribution < -0.4 is 5.32 Å². The first-order chi connectivity index (χ1) is 8.83. The second-order valence-electron chi connectivity index (χ2n) is 6.97. The summed E-state index contributed by atoms with van der Waals surface area (Å²) in [5.74, 6) is 3.11. The lowest BCUT2D eigenvalue weighted by Gasteiger charge is -2.41. The lowest BCUT2D eigenvalue weighted by molar-refractivity contribution is 0.0870. The van der Waals surface area contributed by atoms with E-state index in [4.69, 9.17) is 0 Å². The maximum atomic E-state index is 3.72. The molecule has 2 nitrogen and oxygen atoms in total. The van der Waals surface area contributed by atoms with E-state index in [0.717, 1.165) is 23.8 Å². The molecule has 1 heterocycles. The first kappa shape index (κ1) is 12.9. The number of likely N-dealkylation sites (tertiary alicyclic amines) is 1. The van der Waals surface area contributed by atoms with Crippen molar-refractivity contribution < 1.29 is 0 Å². The number of rotatable bonds is 5. The Morgan fingerprint density at radius 2 is 1.83 bits per heavy atom. The molecular formula is C16H30N2. The Bertz CT molecular complexity index is 262. The van der Waals surface area contributed by atoms with Crippen molar-refractivity contribution in [3.63, 3.8) is 0 Å². The Labute approximate surface area is 113 Å². The first-order valence-electron chi connectivity index (χ1n) is 8.28. The van der Waals surface area contributed by atoms with Crippen LogP contribution in [0.4, 0.5) is 0 Å². The van der Waals surface area contributed by atoms with Crippen LogP contribution >= 0.6 is 0 Å². The van der Waals surface area contributed by atoms with Gasteiger partial charge in [0.05, 0.1) is 0 Å². The van der Waals surface area contributed by atoms with Gasteiger partial charge >= 0.3 is 0 Å². The van der Waals surface area contributed by atoms with Gasteiger partial charge in [0.1, 0.15) is 0 Å². The highest BCUT2D eigenvalue weighted by Crippen LogP contribution is 2.36. The molecule has 0 amide bonds. The van der Waals surface area contributed by atoms with E-state index in [0.29, 0.717) is 0 Å². The van der Waals surface area contributed by atoms with Crippen LogP contribution in [-0.4, -0.2) is 37.1 Å². The number of nitrogens with one attached hydrogen (secondary N) is 1. The molecule has 1 N–H and O–H groups in total. The molecule has 0 radical (unpaired) electrons. The molecule has 3 unspecified atom stereocenters. The average Bonchev–Trinajstić information content (AvgIpc) is 3.23. The summed E-state index contributed by atoms with van der Waals surface area (Å²) in [7, 11) is 0. The van der Waals surface area contributed by atoms with E-state index in [1.807, 2.05) is 0 Å². The highest BCUT2D eigenvalue weighted by molar-refractivity contribution is 4.85. The molecule has 104 valence electrons. The van der Waals surface area contributed by atoms with Crippen LogP contribution in [0.3, 0.4) is 0 Å². The standard InChI is InChI=1S/C16H30N2/c1-13(14-6-7-14)17-9-11-18-10-8-15-4-2-3-5-16(15)12-18/h13-17H,2-12H2,1H3. The zero-order chi connectivity index (χ0) is 12.4. The van der Waals surface area contributed by atoms with E-state index in [9.17, 15) is 0 Å². The topological polar surface area (TPSA) is 15.3 Å². The molecule has 0 spiro atoms. The third kappa shape index (κ3) is 3.27. The third-order valence-corrected chi connectivity index (χ3v) is 5.60. The summed E-state index contributed by atoms with van der Waals surface area (Å²) in [4.78, 5) is 2.72. The van der Waals surface area contributed by atoms with Crippen molar-refractivity contribution in [2.75, 3.05) is 26.2 Å². The zero-order valence-corrected chi connectivity index (χ0v) is 12.0. The van der Waals surface area contributed by atoms with Gasteiger partial charge in [-0.15, -0.1) is 0 Å². The molecule has 1 saturated heterocycles. The second kappa shape index (κ2) is 5.92. The van der Waals surface area contributed by atoms with Crippen LogP contribution in [0, 0.1) is 17.8 Å². The summed E-state index contributed by atoms with van der Waals surface area (Å²) < 4.78 is 0. The van der Waals surface area contributed by atoms with Crippen molar-refractivity contribution in [2.24, 2.45) is 17.8 Å². The van der Waals surface area contributed by atoms with E-state index in [-0.39, 0.29) is 0 Å². The van der Waals surface area contributed by atoms with E-state index in [1.54, 1.807) is 0 Å². The van der Waals surface area contributed by atoms with Crippen LogP contribution in [-0.2, 0) is 0 Å². The number of nitrogens with zero attached hydrogens (tertiary/aromatic N) is 1. The molecule has 2 heteroatoms. The lowest BCUT2D eigenvalue weighted by atomic mass is 9.75. The highest BCUT2D eigenvalue weighted by Gasteiger charge is 2.31. The van der Waals surface area contributed by atoms with Gasteiger partial charge in [-0.25, -0.2) is 0 Å². The smallest absolute Gasteiger partial charge is 0.0107 e. The molecule has 0 bridgehead atoms. The molecule has 2 aliphatic carbocycles. The predicted molar refractivity (Wildman–Crippen MR) is 76.7 cm³/mol. The molecule has 3 atom stereocenters. The quantitative estimate of drug-likeness (QED) is 0.807. The summed E-state index contributed by atoms with van der Waals surface area (Å²) >= 11 is 0. The van der Waals surface area contributed by atoms with Crippen molar-refractivity contribution in [3.05, 3.63) is 0 Å². The average molecular weight is 250 g/mol. The fraction of sp³-hybridized carbons (Fsp3) is 1.00. The maximum Gasteiger partial charge on any atom is 0.0107 e. The molecule has 0 aromatic rings. The fourth-order valence-electron chi connectivity index (χ4n) is 4.09. The van der Waals surface area contributed by atoms with Crippen LogP contribution in [0.1, 0.15) is 51.9 Å². The predicted octanol–water partition coefficient (Wildman–Crippen LogP) is 2.89. The summed E-state index contributed by atoms with van der Waals surface area (Å²) in [5, 5.41) is 3.72. The van der Waals surface area contributed by atoms with Gasteiger partial charge in [-0.3, -0.25) is 0 Å². The number of fused-ring (bicyclic) bond motifs is 1. The molecule has 18 heavy (non-hydrogen) atoms. The Balaban J connectivity index is 1.35. The van der Waals surface area contributed by atoms with E-state index < -0.39 is 0 Å². The molecule has 3 rings (SSSR count). The van der Waals surface area contributed by atoms with Crippen molar-refractivity contribution in [3.8, 4) is 0 Å². The van der Waals surface area contributed by atoms with E-state index >= 15 is 0 Å². The van der Waals surface area contributed by atoms with Gasteiger partial charge in [-0.2, -0.15) is 0 Å². The van der Waals surface area contributed by atoms with Crippen molar-refractivity contribution >= 4 is 0 Å². The van der Waals surface area contributed by atoms with Crippen molar-refractivity contribution in [1.82, 2.24) is 10.2 Å². The van der Waals surface area contributed by atoms with Gasteiger partial charge in [0, 0.05) is 25.7 Å². The van der Waals surface area contributed by atoms with Gasteiger partial charge < -0.3 is 10.2 Å². The van der Waals surface area contributed by atoms with Gasteiger partial charge in [-0.1, -0.05) is 19.3 Å². The summed E-state index contributed by atoms with van der Waals surface area (Å²) in [6, 6.07) is 0.761. The number of piperidine rings is 1. The molecule has 0 aromatic carbocycles. The minimum Gasteiger partial charge on any atom is -0.313 e. The second-order valence-corrected chi connectivity index (χ2v) is 6.97. The van der Waals surface area contributed by atoms with Crippen LogP contribution in [0.5, 0.6) is 0 Å².